The largest absolute Gasteiger partial charge is 0.497 e. The Balaban J connectivity index is 1.77. The van der Waals surface area contributed by atoms with Crippen LogP contribution in [0.5, 0.6) is 5.75 Å². The number of carbonyl (C=O) groups excluding carboxylic acids is 2. The topological polar surface area (TPSA) is 101 Å². The van der Waals surface area contributed by atoms with Gasteiger partial charge in [-0.05, 0) is 43.0 Å². The minimum atomic E-state index is -0.576. The molecule has 0 bridgehead atoms. The van der Waals surface area contributed by atoms with Crippen LogP contribution in [0.2, 0.25) is 0 Å². The zero-order valence-corrected chi connectivity index (χ0v) is 14.2. The average Bonchev–Trinajstić information content (AvgIpc) is 3.12. The number of nitrogens with two attached hydrogens (primary N) is 1. The molecule has 2 amide bonds. The summed E-state index contributed by atoms with van der Waals surface area (Å²) in [7, 11) is 1.61. The standard InChI is InChI=1S/C18H22N4O3/c1-25-13-6-4-5-12(9-13)10-17(23)22-8-3-2-7-16(22)14-11-15(18(19)24)21-20-14/h4-6,9,11,16H,2-3,7-8,10H2,1H3,(H2,19,24)(H,20,21)/t16-/m1/s1. The number of hydrogen-bond acceptors (Lipinski definition) is 4. The molecule has 0 radical (unpaired) electrons. The molecular weight excluding hydrogens is 320 g/mol. The van der Waals surface area contributed by atoms with Crippen LogP contribution in [0.3, 0.4) is 0 Å². The third-order valence-corrected chi connectivity index (χ3v) is 4.52. The lowest BCUT2D eigenvalue weighted by Gasteiger charge is -2.35. The number of ether oxygens (including phenoxy) is 1. The summed E-state index contributed by atoms with van der Waals surface area (Å²) >= 11 is 0. The van der Waals surface area contributed by atoms with Gasteiger partial charge >= 0.3 is 0 Å². The normalized spacial score (nSPS) is 17.3. The van der Waals surface area contributed by atoms with Gasteiger partial charge in [-0.1, -0.05) is 12.1 Å². The summed E-state index contributed by atoms with van der Waals surface area (Å²) in [5.41, 5.74) is 7.13. The summed E-state index contributed by atoms with van der Waals surface area (Å²) in [6, 6.07) is 9.06. The fourth-order valence-electron chi connectivity index (χ4n) is 3.25. The van der Waals surface area contributed by atoms with E-state index >= 15 is 0 Å². The number of amides is 2. The number of rotatable bonds is 5. The van der Waals surface area contributed by atoms with Crippen LogP contribution in [0.1, 0.15) is 47.1 Å². The van der Waals surface area contributed by atoms with Crippen molar-refractivity contribution in [2.75, 3.05) is 13.7 Å². The van der Waals surface area contributed by atoms with Crippen LogP contribution in [-0.2, 0) is 11.2 Å². The highest BCUT2D eigenvalue weighted by Gasteiger charge is 2.29. The Bertz CT molecular complexity index is 771. The Morgan fingerprint density at radius 1 is 1.36 bits per heavy atom. The lowest BCUT2D eigenvalue weighted by molar-refractivity contribution is -0.134. The first-order chi connectivity index (χ1) is 12.1. The molecule has 2 aromatic rings. The van der Waals surface area contributed by atoms with Gasteiger partial charge in [0, 0.05) is 6.54 Å². The molecule has 1 aliphatic heterocycles. The Labute approximate surface area is 146 Å². The minimum absolute atomic E-state index is 0.0492. The van der Waals surface area contributed by atoms with E-state index in [4.69, 9.17) is 10.5 Å². The van der Waals surface area contributed by atoms with Crippen LogP contribution >= 0.6 is 0 Å². The third-order valence-electron chi connectivity index (χ3n) is 4.52. The Morgan fingerprint density at radius 2 is 2.20 bits per heavy atom. The fourth-order valence-corrected chi connectivity index (χ4v) is 3.25. The molecule has 0 unspecified atom stereocenters. The summed E-state index contributed by atoms with van der Waals surface area (Å²) in [5.74, 6) is 0.209. The highest BCUT2D eigenvalue weighted by molar-refractivity contribution is 5.90. The second kappa shape index (κ2) is 7.38. The van der Waals surface area contributed by atoms with Crippen LogP contribution < -0.4 is 10.5 Å². The van der Waals surface area contributed by atoms with Gasteiger partial charge in [-0.15, -0.1) is 0 Å². The van der Waals surface area contributed by atoms with Gasteiger partial charge in [-0.25, -0.2) is 0 Å². The summed E-state index contributed by atoms with van der Waals surface area (Å²) < 4.78 is 5.22. The van der Waals surface area contributed by atoms with Crippen molar-refractivity contribution in [1.29, 1.82) is 0 Å². The molecule has 7 heteroatoms. The minimum Gasteiger partial charge on any atom is -0.497 e. The van der Waals surface area contributed by atoms with E-state index in [2.05, 4.69) is 10.2 Å². The van der Waals surface area contributed by atoms with Gasteiger partial charge in [0.2, 0.25) is 5.91 Å². The van der Waals surface area contributed by atoms with Crippen molar-refractivity contribution in [3.8, 4) is 5.75 Å². The number of methoxy groups -OCH3 is 1. The summed E-state index contributed by atoms with van der Waals surface area (Å²) in [6.45, 7) is 0.693. The smallest absolute Gasteiger partial charge is 0.269 e. The van der Waals surface area contributed by atoms with E-state index in [1.807, 2.05) is 29.2 Å². The predicted molar refractivity (Wildman–Crippen MR) is 92.1 cm³/mol. The second-order valence-electron chi connectivity index (χ2n) is 6.20. The van der Waals surface area contributed by atoms with Crippen LogP contribution in [-0.4, -0.2) is 40.6 Å². The van der Waals surface area contributed by atoms with E-state index in [-0.39, 0.29) is 17.6 Å². The molecule has 1 aliphatic rings. The lowest BCUT2D eigenvalue weighted by Crippen LogP contribution is -2.39. The fraction of sp³-hybridized carbons (Fsp3) is 0.389. The van der Waals surface area contributed by atoms with E-state index in [1.165, 1.54) is 0 Å². The van der Waals surface area contributed by atoms with Crippen molar-refractivity contribution in [1.82, 2.24) is 15.1 Å². The quantitative estimate of drug-likeness (QED) is 0.865. The molecule has 1 fully saturated rings. The third kappa shape index (κ3) is 3.81. The molecule has 3 N–H and O–H groups in total. The average molecular weight is 342 g/mol. The maximum absolute atomic E-state index is 12.9. The number of piperidine rings is 1. The molecule has 1 aromatic heterocycles. The molecule has 1 saturated heterocycles. The monoisotopic (exact) mass is 342 g/mol. The first-order valence-electron chi connectivity index (χ1n) is 8.36. The number of likely N-dealkylation sites (tertiary alicyclic amines) is 1. The lowest BCUT2D eigenvalue weighted by atomic mass is 9.98. The zero-order valence-electron chi connectivity index (χ0n) is 14.2. The van der Waals surface area contributed by atoms with Crippen molar-refractivity contribution in [3.05, 3.63) is 47.3 Å². The second-order valence-corrected chi connectivity index (χ2v) is 6.20. The number of benzene rings is 1. The van der Waals surface area contributed by atoms with Gasteiger partial charge in [0.15, 0.2) is 0 Å². The van der Waals surface area contributed by atoms with Gasteiger partial charge in [-0.3, -0.25) is 14.7 Å². The van der Waals surface area contributed by atoms with E-state index in [0.717, 1.165) is 36.3 Å². The van der Waals surface area contributed by atoms with Crippen molar-refractivity contribution in [3.63, 3.8) is 0 Å². The zero-order chi connectivity index (χ0) is 17.8. The first kappa shape index (κ1) is 17.0. The molecule has 3 rings (SSSR count). The van der Waals surface area contributed by atoms with Crippen molar-refractivity contribution >= 4 is 11.8 Å². The maximum atomic E-state index is 12.9. The van der Waals surface area contributed by atoms with Crippen LogP contribution in [0, 0.1) is 0 Å². The molecule has 0 spiro atoms. The van der Waals surface area contributed by atoms with Gasteiger partial charge in [0.05, 0.1) is 25.3 Å². The number of aromatic nitrogens is 2. The molecule has 132 valence electrons. The predicted octanol–water partition coefficient (Wildman–Crippen LogP) is 1.81. The van der Waals surface area contributed by atoms with Crippen LogP contribution in [0.15, 0.2) is 30.3 Å². The Morgan fingerprint density at radius 3 is 2.92 bits per heavy atom. The highest BCUT2D eigenvalue weighted by atomic mass is 16.5. The Hall–Kier alpha value is -2.83. The van der Waals surface area contributed by atoms with E-state index in [9.17, 15) is 9.59 Å². The maximum Gasteiger partial charge on any atom is 0.269 e. The molecule has 2 heterocycles. The number of hydrogen-bond donors (Lipinski definition) is 2. The molecule has 25 heavy (non-hydrogen) atoms. The van der Waals surface area contributed by atoms with E-state index in [1.54, 1.807) is 13.2 Å². The van der Waals surface area contributed by atoms with Gasteiger partial charge in [-0.2, -0.15) is 5.10 Å². The summed E-state index contributed by atoms with van der Waals surface area (Å²) in [5, 5.41) is 6.80. The van der Waals surface area contributed by atoms with Gasteiger partial charge in [0.1, 0.15) is 11.4 Å². The van der Waals surface area contributed by atoms with Crippen LogP contribution in [0.4, 0.5) is 0 Å². The van der Waals surface area contributed by atoms with Gasteiger partial charge < -0.3 is 15.4 Å². The molecule has 0 aliphatic carbocycles. The number of aromatic amines is 1. The number of H-pyrrole nitrogens is 1. The number of nitrogens with one attached hydrogen (secondary N) is 1. The number of primary amides is 1. The SMILES string of the molecule is COc1cccc(CC(=O)N2CCCC[C@@H]2c2cc(C(N)=O)n[nH]2)c1. The van der Waals surface area contributed by atoms with Crippen LogP contribution in [0.25, 0.3) is 0 Å². The van der Waals surface area contributed by atoms with Crippen molar-refractivity contribution in [2.45, 2.75) is 31.7 Å². The highest BCUT2D eigenvalue weighted by Crippen LogP contribution is 2.30. The number of nitrogens with zero attached hydrogens (tertiary/aromatic N) is 2. The Kier molecular flexibility index (Phi) is 5.02. The van der Waals surface area contributed by atoms with E-state index in [0.29, 0.717) is 13.0 Å². The molecule has 1 aromatic carbocycles. The summed E-state index contributed by atoms with van der Waals surface area (Å²) in [6.07, 6.45) is 3.14. The molecular formula is C18H22N4O3. The molecule has 7 nitrogen and oxygen atoms in total. The molecule has 0 saturated carbocycles. The van der Waals surface area contributed by atoms with Crippen molar-refractivity contribution < 1.29 is 14.3 Å². The molecule has 1 atom stereocenters. The van der Waals surface area contributed by atoms with Crippen molar-refractivity contribution in [2.24, 2.45) is 5.73 Å². The summed E-state index contributed by atoms with van der Waals surface area (Å²) in [4.78, 5) is 26.0. The number of carbonyl (C=O) groups is 2. The van der Waals surface area contributed by atoms with E-state index < -0.39 is 5.91 Å². The first-order valence-corrected chi connectivity index (χ1v) is 8.36. The van der Waals surface area contributed by atoms with Gasteiger partial charge in [0.25, 0.3) is 5.91 Å².